The van der Waals surface area contributed by atoms with E-state index in [-0.39, 0.29) is 6.10 Å². The third-order valence-corrected chi connectivity index (χ3v) is 4.26. The summed E-state index contributed by atoms with van der Waals surface area (Å²) in [5.74, 6) is 0.883. The third kappa shape index (κ3) is 4.07. The van der Waals surface area contributed by atoms with Crippen molar-refractivity contribution in [3.05, 3.63) is 34.4 Å². The van der Waals surface area contributed by atoms with Gasteiger partial charge in [0.25, 0.3) is 0 Å². The molecular formula is C18H29NO. The van der Waals surface area contributed by atoms with Gasteiger partial charge in [0.15, 0.2) is 0 Å². The van der Waals surface area contributed by atoms with Crippen molar-refractivity contribution in [2.45, 2.75) is 53.1 Å². The van der Waals surface area contributed by atoms with Crippen LogP contribution in [0.1, 0.15) is 54.5 Å². The highest BCUT2D eigenvalue weighted by Gasteiger charge is 2.25. The van der Waals surface area contributed by atoms with Gasteiger partial charge in [-0.25, -0.2) is 0 Å². The first kappa shape index (κ1) is 15.5. The second kappa shape index (κ2) is 6.73. The van der Waals surface area contributed by atoms with Crippen LogP contribution in [-0.2, 0) is 0 Å². The van der Waals surface area contributed by atoms with Gasteiger partial charge >= 0.3 is 0 Å². The van der Waals surface area contributed by atoms with E-state index in [4.69, 9.17) is 0 Å². The molecule has 0 radical (unpaired) electrons. The quantitative estimate of drug-likeness (QED) is 0.819. The molecule has 2 nitrogen and oxygen atoms in total. The summed E-state index contributed by atoms with van der Waals surface area (Å²) in [7, 11) is 0. The number of hydrogen-bond acceptors (Lipinski definition) is 2. The number of hydrogen-bond donors (Lipinski definition) is 1. The first-order chi connectivity index (χ1) is 9.51. The van der Waals surface area contributed by atoms with Crippen molar-refractivity contribution in [1.82, 2.24) is 4.90 Å². The van der Waals surface area contributed by atoms with Gasteiger partial charge in [0.1, 0.15) is 0 Å². The molecule has 1 aliphatic carbocycles. The zero-order valence-corrected chi connectivity index (χ0v) is 13.4. The molecule has 1 fully saturated rings. The van der Waals surface area contributed by atoms with Crippen LogP contribution in [0.25, 0.3) is 0 Å². The maximum Gasteiger partial charge on any atom is 0.0922 e. The molecule has 0 bridgehead atoms. The van der Waals surface area contributed by atoms with Crippen molar-refractivity contribution < 1.29 is 5.11 Å². The lowest BCUT2D eigenvalue weighted by atomic mass is 9.95. The van der Waals surface area contributed by atoms with Crippen molar-refractivity contribution in [3.63, 3.8) is 0 Å². The second-order valence-electron chi connectivity index (χ2n) is 6.53. The average molecular weight is 275 g/mol. The van der Waals surface area contributed by atoms with Crippen molar-refractivity contribution in [2.75, 3.05) is 19.6 Å². The Morgan fingerprint density at radius 3 is 2.30 bits per heavy atom. The molecule has 2 heteroatoms. The van der Waals surface area contributed by atoms with Crippen LogP contribution in [0.4, 0.5) is 0 Å². The first-order valence-electron chi connectivity index (χ1n) is 7.99. The van der Waals surface area contributed by atoms with Crippen molar-refractivity contribution in [2.24, 2.45) is 5.92 Å². The standard InChI is InChI=1S/C18H29NO/c1-5-8-19(11-16-6-7-16)12-17(20)18-14(3)9-13(2)10-15(18)4/h9-10,16-17,20H,5-8,11-12H2,1-4H3. The van der Waals surface area contributed by atoms with Crippen LogP contribution in [0.3, 0.4) is 0 Å². The minimum absolute atomic E-state index is 0.360. The number of aliphatic hydroxyl groups excluding tert-OH is 1. The minimum atomic E-state index is -0.360. The van der Waals surface area contributed by atoms with E-state index in [2.05, 4.69) is 44.7 Å². The van der Waals surface area contributed by atoms with E-state index in [9.17, 15) is 5.11 Å². The highest BCUT2D eigenvalue weighted by molar-refractivity contribution is 5.39. The van der Waals surface area contributed by atoms with E-state index < -0.39 is 0 Å². The van der Waals surface area contributed by atoms with Gasteiger partial charge in [0.2, 0.25) is 0 Å². The summed E-state index contributed by atoms with van der Waals surface area (Å²) < 4.78 is 0. The predicted molar refractivity (Wildman–Crippen MR) is 85.1 cm³/mol. The van der Waals surface area contributed by atoms with Crippen molar-refractivity contribution in [1.29, 1.82) is 0 Å². The molecule has 1 saturated carbocycles. The normalized spacial score (nSPS) is 16.7. The van der Waals surface area contributed by atoms with E-state index in [1.54, 1.807) is 0 Å². The Morgan fingerprint density at radius 2 is 1.80 bits per heavy atom. The maximum absolute atomic E-state index is 10.7. The van der Waals surface area contributed by atoms with Crippen molar-refractivity contribution >= 4 is 0 Å². The second-order valence-corrected chi connectivity index (χ2v) is 6.53. The molecule has 2 rings (SSSR count). The first-order valence-corrected chi connectivity index (χ1v) is 7.99. The van der Waals surface area contributed by atoms with Crippen LogP contribution in [-0.4, -0.2) is 29.6 Å². The lowest BCUT2D eigenvalue weighted by Crippen LogP contribution is -2.32. The molecule has 0 aliphatic heterocycles. The van der Waals surface area contributed by atoms with Gasteiger partial charge in [-0.3, -0.25) is 0 Å². The summed E-state index contributed by atoms with van der Waals surface area (Å²) in [6.07, 6.45) is 3.55. The highest BCUT2D eigenvalue weighted by atomic mass is 16.3. The molecule has 1 atom stereocenters. The fourth-order valence-corrected chi connectivity index (χ4v) is 3.29. The van der Waals surface area contributed by atoms with Gasteiger partial charge in [-0.05, 0) is 69.2 Å². The number of nitrogens with zero attached hydrogens (tertiary/aromatic N) is 1. The van der Waals surface area contributed by atoms with Crippen LogP contribution in [0.15, 0.2) is 12.1 Å². The maximum atomic E-state index is 10.7. The Morgan fingerprint density at radius 1 is 1.20 bits per heavy atom. The number of aryl methyl sites for hydroxylation is 3. The topological polar surface area (TPSA) is 23.5 Å². The Hall–Kier alpha value is -0.860. The van der Waals surface area contributed by atoms with Gasteiger partial charge in [-0.2, -0.15) is 0 Å². The summed E-state index contributed by atoms with van der Waals surface area (Å²) >= 11 is 0. The van der Waals surface area contributed by atoms with E-state index in [1.165, 1.54) is 29.5 Å². The van der Waals surface area contributed by atoms with Crippen molar-refractivity contribution in [3.8, 4) is 0 Å². The molecule has 0 saturated heterocycles. The Bertz CT molecular complexity index is 428. The third-order valence-electron chi connectivity index (χ3n) is 4.26. The lowest BCUT2D eigenvalue weighted by Gasteiger charge is -2.26. The Balaban J connectivity index is 2.07. The molecule has 0 heterocycles. The zero-order valence-electron chi connectivity index (χ0n) is 13.4. The van der Waals surface area contributed by atoms with E-state index in [0.717, 1.165) is 37.5 Å². The molecule has 1 aromatic rings. The molecule has 0 aromatic heterocycles. The molecule has 20 heavy (non-hydrogen) atoms. The Kier molecular flexibility index (Phi) is 5.22. The van der Waals surface area contributed by atoms with Gasteiger partial charge in [-0.15, -0.1) is 0 Å². The monoisotopic (exact) mass is 275 g/mol. The summed E-state index contributed by atoms with van der Waals surface area (Å²) in [4.78, 5) is 2.45. The Labute approximate surface area is 123 Å². The summed E-state index contributed by atoms with van der Waals surface area (Å²) in [5, 5.41) is 10.7. The molecule has 1 unspecified atom stereocenters. The summed E-state index contributed by atoms with van der Waals surface area (Å²) in [6, 6.07) is 4.35. The van der Waals surface area contributed by atoms with Crippen LogP contribution in [0.2, 0.25) is 0 Å². The van der Waals surface area contributed by atoms with E-state index in [0.29, 0.717) is 0 Å². The fraction of sp³-hybridized carbons (Fsp3) is 0.667. The van der Waals surface area contributed by atoms with Gasteiger partial charge < -0.3 is 10.0 Å². The van der Waals surface area contributed by atoms with E-state index >= 15 is 0 Å². The largest absolute Gasteiger partial charge is 0.387 e. The molecule has 1 N–H and O–H groups in total. The molecule has 1 aliphatic rings. The highest BCUT2D eigenvalue weighted by Crippen LogP contribution is 2.31. The number of aliphatic hydroxyl groups is 1. The summed E-state index contributed by atoms with van der Waals surface area (Å²) in [5.41, 5.74) is 4.85. The molecule has 1 aromatic carbocycles. The fourth-order valence-electron chi connectivity index (χ4n) is 3.29. The molecule has 0 spiro atoms. The molecule has 112 valence electrons. The van der Waals surface area contributed by atoms with E-state index in [1.807, 2.05) is 0 Å². The molecular weight excluding hydrogens is 246 g/mol. The zero-order chi connectivity index (χ0) is 14.7. The predicted octanol–water partition coefficient (Wildman–Crippen LogP) is 3.77. The summed E-state index contributed by atoms with van der Waals surface area (Å²) in [6.45, 7) is 11.6. The number of rotatable bonds is 7. The minimum Gasteiger partial charge on any atom is -0.387 e. The van der Waals surface area contributed by atoms with Crippen LogP contribution >= 0.6 is 0 Å². The van der Waals surface area contributed by atoms with Crippen LogP contribution < -0.4 is 0 Å². The smallest absolute Gasteiger partial charge is 0.0922 e. The number of benzene rings is 1. The average Bonchev–Trinajstić information content (AvgIpc) is 3.11. The van der Waals surface area contributed by atoms with Crippen LogP contribution in [0, 0.1) is 26.7 Å². The van der Waals surface area contributed by atoms with Crippen LogP contribution in [0.5, 0.6) is 0 Å². The lowest BCUT2D eigenvalue weighted by molar-refractivity contribution is 0.109. The molecule has 0 amide bonds. The van der Waals surface area contributed by atoms with Gasteiger partial charge in [0.05, 0.1) is 6.10 Å². The van der Waals surface area contributed by atoms with Gasteiger partial charge in [0, 0.05) is 13.1 Å². The SMILES string of the molecule is CCCN(CC1CC1)CC(O)c1c(C)cc(C)cc1C. The van der Waals surface area contributed by atoms with Gasteiger partial charge in [-0.1, -0.05) is 24.6 Å².